The molecular formula is C16H21N5. The van der Waals surface area contributed by atoms with Gasteiger partial charge in [-0.05, 0) is 18.4 Å². The van der Waals surface area contributed by atoms with Gasteiger partial charge in [0.05, 0.1) is 11.0 Å². The molecule has 21 heavy (non-hydrogen) atoms. The van der Waals surface area contributed by atoms with Gasteiger partial charge in [0.15, 0.2) is 5.82 Å². The average molecular weight is 283 g/mol. The zero-order valence-corrected chi connectivity index (χ0v) is 12.8. The molecule has 2 N–H and O–H groups in total. The van der Waals surface area contributed by atoms with E-state index >= 15 is 0 Å². The van der Waals surface area contributed by atoms with Crippen LogP contribution in [0, 0.1) is 5.92 Å². The molecule has 0 aliphatic rings. The molecule has 0 fully saturated rings. The first kappa shape index (κ1) is 13.8. The molecule has 3 aromatic rings. The summed E-state index contributed by atoms with van der Waals surface area (Å²) in [4.78, 5) is 13.5. The van der Waals surface area contributed by atoms with Crippen molar-refractivity contribution in [3.8, 4) is 0 Å². The Morgan fingerprint density at radius 2 is 2.10 bits per heavy atom. The SMILES string of the molecule is CCCc1nc2c(N)nc3ccncc3c2n1CC(C)C. The smallest absolute Gasteiger partial charge is 0.152 e. The molecule has 0 aliphatic heterocycles. The second-order valence-electron chi connectivity index (χ2n) is 5.87. The van der Waals surface area contributed by atoms with Crippen molar-refractivity contribution in [3.05, 3.63) is 24.3 Å². The van der Waals surface area contributed by atoms with Gasteiger partial charge in [-0.15, -0.1) is 0 Å². The second kappa shape index (κ2) is 5.31. The van der Waals surface area contributed by atoms with Crippen LogP contribution in [0.5, 0.6) is 0 Å². The Bertz CT molecular complexity index is 788. The van der Waals surface area contributed by atoms with Crippen LogP contribution < -0.4 is 5.73 Å². The van der Waals surface area contributed by atoms with Crippen LogP contribution in [0.25, 0.3) is 21.9 Å². The maximum Gasteiger partial charge on any atom is 0.152 e. The highest BCUT2D eigenvalue weighted by Crippen LogP contribution is 2.29. The molecule has 0 aliphatic carbocycles. The molecule has 0 aromatic carbocycles. The molecular weight excluding hydrogens is 262 g/mol. The van der Waals surface area contributed by atoms with E-state index in [1.54, 1.807) is 6.20 Å². The average Bonchev–Trinajstić information content (AvgIpc) is 2.79. The lowest BCUT2D eigenvalue weighted by Crippen LogP contribution is -2.09. The highest BCUT2D eigenvalue weighted by Gasteiger charge is 2.17. The van der Waals surface area contributed by atoms with E-state index in [4.69, 9.17) is 10.7 Å². The molecule has 0 radical (unpaired) electrons. The number of aromatic nitrogens is 4. The molecule has 0 unspecified atom stereocenters. The third-order valence-corrected chi connectivity index (χ3v) is 3.60. The van der Waals surface area contributed by atoms with Crippen LogP contribution in [0.2, 0.25) is 0 Å². The number of nitrogens with two attached hydrogens (primary N) is 1. The minimum atomic E-state index is 0.503. The largest absolute Gasteiger partial charge is 0.382 e. The summed E-state index contributed by atoms with van der Waals surface area (Å²) in [6.45, 7) is 7.53. The van der Waals surface area contributed by atoms with Gasteiger partial charge in [0, 0.05) is 30.7 Å². The standard InChI is InChI=1S/C16H21N5/c1-4-5-13-20-14-15(21(13)9-10(2)3)11-8-18-7-6-12(11)19-16(14)17/h6-8,10H,4-5,9H2,1-3H3,(H2,17,19). The van der Waals surface area contributed by atoms with Gasteiger partial charge in [-0.25, -0.2) is 9.97 Å². The lowest BCUT2D eigenvalue weighted by atomic mass is 10.2. The predicted molar refractivity (Wildman–Crippen MR) is 86.1 cm³/mol. The van der Waals surface area contributed by atoms with Crippen LogP contribution in [0.15, 0.2) is 18.5 Å². The fourth-order valence-corrected chi connectivity index (χ4v) is 2.78. The molecule has 0 amide bonds. The van der Waals surface area contributed by atoms with Gasteiger partial charge in [-0.3, -0.25) is 4.98 Å². The minimum Gasteiger partial charge on any atom is -0.382 e. The van der Waals surface area contributed by atoms with Crippen molar-refractivity contribution in [2.45, 2.75) is 40.2 Å². The van der Waals surface area contributed by atoms with E-state index in [0.717, 1.165) is 47.1 Å². The van der Waals surface area contributed by atoms with E-state index < -0.39 is 0 Å². The van der Waals surface area contributed by atoms with Gasteiger partial charge in [-0.1, -0.05) is 20.8 Å². The number of hydrogen-bond donors (Lipinski definition) is 1. The molecule has 0 atom stereocenters. The highest BCUT2D eigenvalue weighted by atomic mass is 15.1. The number of imidazole rings is 1. The lowest BCUT2D eigenvalue weighted by molar-refractivity contribution is 0.516. The van der Waals surface area contributed by atoms with Crippen molar-refractivity contribution in [2.24, 2.45) is 5.92 Å². The molecule has 3 heterocycles. The first-order chi connectivity index (χ1) is 10.1. The molecule has 0 spiro atoms. The maximum absolute atomic E-state index is 6.12. The Labute approximate surface area is 124 Å². The summed E-state index contributed by atoms with van der Waals surface area (Å²) < 4.78 is 2.30. The fourth-order valence-electron chi connectivity index (χ4n) is 2.78. The van der Waals surface area contributed by atoms with Crippen molar-refractivity contribution in [2.75, 3.05) is 5.73 Å². The third kappa shape index (κ3) is 2.33. The van der Waals surface area contributed by atoms with Crippen molar-refractivity contribution in [1.29, 1.82) is 0 Å². The number of hydrogen-bond acceptors (Lipinski definition) is 4. The molecule has 5 heteroatoms. The molecule has 0 saturated carbocycles. The number of fused-ring (bicyclic) bond motifs is 3. The Kier molecular flexibility index (Phi) is 3.49. The maximum atomic E-state index is 6.12. The summed E-state index contributed by atoms with van der Waals surface area (Å²) in [6, 6.07) is 1.90. The van der Waals surface area contributed by atoms with E-state index in [1.165, 1.54) is 0 Å². The molecule has 0 bridgehead atoms. The zero-order valence-electron chi connectivity index (χ0n) is 12.8. The van der Waals surface area contributed by atoms with E-state index in [-0.39, 0.29) is 0 Å². The van der Waals surface area contributed by atoms with Crippen LogP contribution in [0.3, 0.4) is 0 Å². The lowest BCUT2D eigenvalue weighted by Gasteiger charge is -2.12. The Hall–Kier alpha value is -2.17. The summed E-state index contributed by atoms with van der Waals surface area (Å²) in [5, 5.41) is 1.03. The summed E-state index contributed by atoms with van der Waals surface area (Å²) in [6.07, 6.45) is 5.61. The zero-order chi connectivity index (χ0) is 15.0. The van der Waals surface area contributed by atoms with E-state index in [1.807, 2.05) is 12.3 Å². The number of pyridine rings is 2. The summed E-state index contributed by atoms with van der Waals surface area (Å²) in [7, 11) is 0. The molecule has 5 nitrogen and oxygen atoms in total. The first-order valence-corrected chi connectivity index (χ1v) is 7.50. The number of anilines is 1. The first-order valence-electron chi connectivity index (χ1n) is 7.50. The number of aryl methyl sites for hydroxylation is 1. The van der Waals surface area contributed by atoms with Crippen LogP contribution in [0.1, 0.15) is 33.0 Å². The van der Waals surface area contributed by atoms with Gasteiger partial charge in [0.2, 0.25) is 0 Å². The molecule has 3 rings (SSSR count). The summed E-state index contributed by atoms with van der Waals surface area (Å²) in [5.74, 6) is 2.13. The molecule has 3 aromatic heterocycles. The van der Waals surface area contributed by atoms with Crippen LogP contribution in [-0.2, 0) is 13.0 Å². The van der Waals surface area contributed by atoms with Crippen molar-refractivity contribution >= 4 is 27.8 Å². The van der Waals surface area contributed by atoms with E-state index in [2.05, 4.69) is 35.3 Å². The molecule has 0 saturated heterocycles. The molecule has 110 valence electrons. The summed E-state index contributed by atoms with van der Waals surface area (Å²) >= 11 is 0. The monoisotopic (exact) mass is 283 g/mol. The van der Waals surface area contributed by atoms with Crippen LogP contribution in [-0.4, -0.2) is 19.5 Å². The normalized spacial score (nSPS) is 11.8. The van der Waals surface area contributed by atoms with Gasteiger partial charge in [0.1, 0.15) is 11.3 Å². The van der Waals surface area contributed by atoms with E-state index in [0.29, 0.717) is 11.7 Å². The van der Waals surface area contributed by atoms with Gasteiger partial charge in [0.25, 0.3) is 0 Å². The Balaban J connectivity index is 2.39. The highest BCUT2D eigenvalue weighted by molar-refractivity contribution is 6.06. The van der Waals surface area contributed by atoms with Crippen LogP contribution >= 0.6 is 0 Å². The Morgan fingerprint density at radius 3 is 2.81 bits per heavy atom. The van der Waals surface area contributed by atoms with Crippen molar-refractivity contribution in [3.63, 3.8) is 0 Å². The fraction of sp³-hybridized carbons (Fsp3) is 0.438. The second-order valence-corrected chi connectivity index (χ2v) is 5.87. The van der Waals surface area contributed by atoms with Gasteiger partial charge in [-0.2, -0.15) is 0 Å². The third-order valence-electron chi connectivity index (χ3n) is 3.60. The predicted octanol–water partition coefficient (Wildman–Crippen LogP) is 3.17. The van der Waals surface area contributed by atoms with Crippen molar-refractivity contribution < 1.29 is 0 Å². The van der Waals surface area contributed by atoms with Gasteiger partial charge >= 0.3 is 0 Å². The minimum absolute atomic E-state index is 0.503. The van der Waals surface area contributed by atoms with E-state index in [9.17, 15) is 0 Å². The number of nitrogens with zero attached hydrogens (tertiary/aromatic N) is 4. The van der Waals surface area contributed by atoms with Crippen molar-refractivity contribution in [1.82, 2.24) is 19.5 Å². The Morgan fingerprint density at radius 1 is 1.29 bits per heavy atom. The van der Waals surface area contributed by atoms with Crippen LogP contribution in [0.4, 0.5) is 5.82 Å². The number of nitrogen functional groups attached to an aromatic ring is 1. The quantitative estimate of drug-likeness (QED) is 0.798. The topological polar surface area (TPSA) is 69.6 Å². The number of rotatable bonds is 4. The van der Waals surface area contributed by atoms with Gasteiger partial charge < -0.3 is 10.3 Å². The summed E-state index contributed by atoms with van der Waals surface area (Å²) in [5.41, 5.74) is 8.88.